The van der Waals surface area contributed by atoms with Crippen LogP contribution in [0, 0.1) is 11.8 Å². The zero-order valence-corrected chi connectivity index (χ0v) is 14.7. The van der Waals surface area contributed by atoms with E-state index in [9.17, 15) is 4.79 Å². The second-order valence-corrected chi connectivity index (χ2v) is 7.36. The van der Waals surface area contributed by atoms with Crippen molar-refractivity contribution < 1.29 is 9.53 Å². The molecule has 0 aromatic heterocycles. The minimum Gasteiger partial charge on any atom is -0.444 e. The van der Waals surface area contributed by atoms with Gasteiger partial charge in [0, 0.05) is 17.8 Å². The average Bonchev–Trinajstić information content (AvgIpc) is 2.42. The van der Waals surface area contributed by atoms with E-state index in [1.165, 1.54) is 11.3 Å². The van der Waals surface area contributed by atoms with Crippen LogP contribution in [0.5, 0.6) is 0 Å². The molecule has 0 saturated heterocycles. The van der Waals surface area contributed by atoms with Gasteiger partial charge in [-0.2, -0.15) is 0 Å². The summed E-state index contributed by atoms with van der Waals surface area (Å²) in [6.45, 7) is 10.3. The molecule has 0 radical (unpaired) electrons. The van der Waals surface area contributed by atoms with Crippen LogP contribution in [0.2, 0.25) is 0 Å². The molecule has 1 amide bonds. The van der Waals surface area contributed by atoms with E-state index in [0.29, 0.717) is 0 Å². The monoisotopic (exact) mass is 314 g/mol. The summed E-state index contributed by atoms with van der Waals surface area (Å²) in [6, 6.07) is 6.13. The third kappa shape index (κ3) is 5.21. The first-order valence-electron chi connectivity index (χ1n) is 8.06. The Labute approximate surface area is 139 Å². The van der Waals surface area contributed by atoms with E-state index in [-0.39, 0.29) is 0 Å². The summed E-state index contributed by atoms with van der Waals surface area (Å²) in [4.78, 5) is 11.9. The molecule has 0 fully saturated rings. The highest BCUT2D eigenvalue weighted by Crippen LogP contribution is 2.24. The lowest BCUT2D eigenvalue weighted by Gasteiger charge is -2.25. The van der Waals surface area contributed by atoms with Gasteiger partial charge in [0.1, 0.15) is 5.60 Å². The van der Waals surface area contributed by atoms with E-state index in [1.807, 2.05) is 46.8 Å². The summed E-state index contributed by atoms with van der Waals surface area (Å²) in [7, 11) is 0. The van der Waals surface area contributed by atoms with Crippen molar-refractivity contribution in [1.82, 2.24) is 5.32 Å². The predicted molar refractivity (Wildman–Crippen MR) is 93.6 cm³/mol. The quantitative estimate of drug-likeness (QED) is 0.777. The van der Waals surface area contributed by atoms with Gasteiger partial charge in [0.2, 0.25) is 0 Å². The molecule has 4 heteroatoms. The summed E-state index contributed by atoms with van der Waals surface area (Å²) in [5.74, 6) is 6.37. The molecular formula is C19H26N2O2. The van der Waals surface area contributed by atoms with Gasteiger partial charge in [0.05, 0.1) is 5.54 Å². The number of hydrogen-bond donors (Lipinski definition) is 2. The third-order valence-corrected chi connectivity index (χ3v) is 3.42. The first-order chi connectivity index (χ1) is 10.7. The molecule has 4 nitrogen and oxygen atoms in total. The number of alkyl carbamates (subject to hydrolysis) is 1. The zero-order valence-electron chi connectivity index (χ0n) is 14.7. The summed E-state index contributed by atoms with van der Waals surface area (Å²) in [6.07, 6.45) is 1.70. The summed E-state index contributed by atoms with van der Waals surface area (Å²) < 4.78 is 5.29. The lowest BCUT2D eigenvalue weighted by Crippen LogP contribution is -2.44. The van der Waals surface area contributed by atoms with Gasteiger partial charge in [0.15, 0.2) is 0 Å². The van der Waals surface area contributed by atoms with E-state index < -0.39 is 17.2 Å². The van der Waals surface area contributed by atoms with Crippen LogP contribution < -0.4 is 10.6 Å². The molecule has 0 spiro atoms. The standard InChI is InChI=1S/C19H26N2O2/c1-18(2,3)23-17(22)21-19(4,5)12-11-14-8-6-10-16-15(14)9-7-13-20-16/h6,8,10,20H,7,9,13H2,1-5H3,(H,21,22). The Morgan fingerprint density at radius 2 is 2.00 bits per heavy atom. The normalized spacial score (nSPS) is 14.0. The number of hydrogen-bond acceptors (Lipinski definition) is 3. The van der Waals surface area contributed by atoms with Crippen molar-refractivity contribution in [3.8, 4) is 11.8 Å². The highest BCUT2D eigenvalue weighted by Gasteiger charge is 2.23. The summed E-state index contributed by atoms with van der Waals surface area (Å²) in [5, 5.41) is 6.21. The van der Waals surface area contributed by atoms with Crippen LogP contribution in [0.1, 0.15) is 52.2 Å². The van der Waals surface area contributed by atoms with Gasteiger partial charge in [-0.15, -0.1) is 0 Å². The second-order valence-electron chi connectivity index (χ2n) is 7.36. The molecule has 0 unspecified atom stereocenters. The summed E-state index contributed by atoms with van der Waals surface area (Å²) in [5.41, 5.74) is 2.28. The molecule has 0 saturated carbocycles. The SMILES string of the molecule is CC(C)(C#Cc1cccc2c1CCCN2)NC(=O)OC(C)(C)C. The van der Waals surface area contributed by atoms with E-state index in [1.54, 1.807) is 0 Å². The highest BCUT2D eigenvalue weighted by molar-refractivity contribution is 5.69. The topological polar surface area (TPSA) is 50.4 Å². The first-order valence-corrected chi connectivity index (χ1v) is 8.06. The second kappa shape index (κ2) is 6.54. The molecule has 0 bridgehead atoms. The van der Waals surface area contributed by atoms with Crippen molar-refractivity contribution in [1.29, 1.82) is 0 Å². The molecule has 1 heterocycles. The lowest BCUT2D eigenvalue weighted by atomic mass is 9.97. The highest BCUT2D eigenvalue weighted by atomic mass is 16.6. The fourth-order valence-corrected chi connectivity index (χ4v) is 2.44. The Balaban J connectivity index is 2.13. The Bertz CT molecular complexity index is 646. The van der Waals surface area contributed by atoms with Crippen molar-refractivity contribution in [2.24, 2.45) is 0 Å². The van der Waals surface area contributed by atoms with E-state index in [4.69, 9.17) is 4.74 Å². The van der Waals surface area contributed by atoms with Gasteiger partial charge < -0.3 is 15.4 Å². The minimum atomic E-state index is -0.660. The van der Waals surface area contributed by atoms with Gasteiger partial charge in [-0.25, -0.2) is 4.79 Å². The van der Waals surface area contributed by atoms with Crippen molar-refractivity contribution in [3.05, 3.63) is 29.3 Å². The van der Waals surface area contributed by atoms with Crippen molar-refractivity contribution in [2.75, 3.05) is 11.9 Å². The number of benzene rings is 1. The predicted octanol–water partition coefficient (Wildman–Crippen LogP) is 3.70. The maximum atomic E-state index is 11.9. The van der Waals surface area contributed by atoms with E-state index >= 15 is 0 Å². The van der Waals surface area contributed by atoms with Crippen LogP contribution >= 0.6 is 0 Å². The molecule has 124 valence electrons. The molecule has 2 N–H and O–H groups in total. The minimum absolute atomic E-state index is 0.450. The van der Waals surface area contributed by atoms with Gasteiger partial charge in [0.25, 0.3) is 0 Å². The Morgan fingerprint density at radius 1 is 1.26 bits per heavy atom. The molecule has 1 aliphatic rings. The van der Waals surface area contributed by atoms with Crippen LogP contribution in [-0.2, 0) is 11.2 Å². The number of ether oxygens (including phenoxy) is 1. The average molecular weight is 314 g/mol. The molecule has 1 aromatic rings. The smallest absolute Gasteiger partial charge is 0.408 e. The molecule has 23 heavy (non-hydrogen) atoms. The zero-order chi connectivity index (χ0) is 17.1. The Kier molecular flexibility index (Phi) is 4.89. The molecule has 1 aromatic carbocycles. The van der Waals surface area contributed by atoms with Crippen molar-refractivity contribution in [2.45, 2.75) is 58.6 Å². The number of rotatable bonds is 1. The van der Waals surface area contributed by atoms with Crippen LogP contribution in [0.4, 0.5) is 10.5 Å². The Hall–Kier alpha value is -2.15. The van der Waals surface area contributed by atoms with E-state index in [0.717, 1.165) is 24.9 Å². The molecule has 0 aliphatic carbocycles. The van der Waals surface area contributed by atoms with Gasteiger partial charge >= 0.3 is 6.09 Å². The maximum Gasteiger partial charge on any atom is 0.408 e. The number of carbonyl (C=O) groups is 1. The fourth-order valence-electron chi connectivity index (χ4n) is 2.44. The lowest BCUT2D eigenvalue weighted by molar-refractivity contribution is 0.0494. The third-order valence-electron chi connectivity index (χ3n) is 3.42. The van der Waals surface area contributed by atoms with Crippen LogP contribution in [0.15, 0.2) is 18.2 Å². The largest absolute Gasteiger partial charge is 0.444 e. The van der Waals surface area contributed by atoms with E-state index in [2.05, 4.69) is 28.5 Å². The number of carbonyl (C=O) groups excluding carboxylic acids is 1. The molecule has 1 aliphatic heterocycles. The number of fused-ring (bicyclic) bond motifs is 1. The number of nitrogens with one attached hydrogen (secondary N) is 2. The van der Waals surface area contributed by atoms with Crippen LogP contribution in [0.25, 0.3) is 0 Å². The van der Waals surface area contributed by atoms with Gasteiger partial charge in [-0.1, -0.05) is 17.9 Å². The maximum absolute atomic E-state index is 11.9. The molecule has 2 rings (SSSR count). The van der Waals surface area contributed by atoms with Crippen molar-refractivity contribution in [3.63, 3.8) is 0 Å². The summed E-state index contributed by atoms with van der Waals surface area (Å²) >= 11 is 0. The number of amides is 1. The Morgan fingerprint density at radius 3 is 2.70 bits per heavy atom. The number of anilines is 1. The fraction of sp³-hybridized carbons (Fsp3) is 0.526. The van der Waals surface area contributed by atoms with Crippen LogP contribution in [0.3, 0.4) is 0 Å². The van der Waals surface area contributed by atoms with Crippen molar-refractivity contribution >= 4 is 11.8 Å². The van der Waals surface area contributed by atoms with Crippen LogP contribution in [-0.4, -0.2) is 23.8 Å². The van der Waals surface area contributed by atoms with Gasteiger partial charge in [-0.05, 0) is 65.2 Å². The van der Waals surface area contributed by atoms with Gasteiger partial charge in [-0.3, -0.25) is 0 Å². The molecular weight excluding hydrogens is 288 g/mol. The molecule has 0 atom stereocenters. The first kappa shape index (κ1) is 17.2.